The van der Waals surface area contributed by atoms with E-state index >= 15 is 0 Å². The molecule has 4 rings (SSSR count). The van der Waals surface area contributed by atoms with E-state index in [2.05, 4.69) is 0 Å². The molecule has 1 unspecified atom stereocenters. The number of allylic oxidation sites excluding steroid dienone is 8. The molecular weight excluding hydrogens is 610 g/mol. The molecule has 0 spiro atoms. The van der Waals surface area contributed by atoms with Crippen molar-refractivity contribution in [1.82, 2.24) is 13.9 Å². The lowest BCUT2D eigenvalue weighted by molar-refractivity contribution is -0.162. The largest absolute Gasteiger partial charge is 0.396 e. The van der Waals surface area contributed by atoms with Crippen LogP contribution in [0.4, 0.5) is 0 Å². The Labute approximate surface area is 283 Å². The highest BCUT2D eigenvalue weighted by Gasteiger charge is 2.57. The van der Waals surface area contributed by atoms with Crippen molar-refractivity contribution in [2.45, 2.75) is 97.4 Å². The summed E-state index contributed by atoms with van der Waals surface area (Å²) in [5.74, 6) is -0.452. The van der Waals surface area contributed by atoms with Crippen LogP contribution in [0.3, 0.4) is 0 Å². The minimum absolute atomic E-state index is 0.0921. The molecule has 0 bridgehead atoms. The second kappa shape index (κ2) is 15.3. The predicted octanol–water partition coefficient (Wildman–Crippen LogP) is 4.28. The normalized spacial score (nSPS) is 27.9. The first-order valence-corrected chi connectivity index (χ1v) is 16.9. The highest BCUT2D eigenvalue weighted by molar-refractivity contribution is 5.33. The van der Waals surface area contributed by atoms with E-state index in [1.807, 2.05) is 65.0 Å². The maximum absolute atomic E-state index is 14.3. The third kappa shape index (κ3) is 7.09. The molecule has 1 aromatic carbocycles. The molecule has 6 atom stereocenters. The lowest BCUT2D eigenvalue weighted by Crippen LogP contribution is -2.59. The summed E-state index contributed by atoms with van der Waals surface area (Å²) in [5, 5.41) is 55.2. The summed E-state index contributed by atoms with van der Waals surface area (Å²) in [6.45, 7) is 10.5. The van der Waals surface area contributed by atoms with Gasteiger partial charge >= 0.3 is 11.4 Å². The van der Waals surface area contributed by atoms with Gasteiger partial charge in [-0.3, -0.25) is 0 Å². The van der Waals surface area contributed by atoms with Crippen molar-refractivity contribution in [3.8, 4) is 5.69 Å². The molecule has 48 heavy (non-hydrogen) atoms. The number of aromatic nitrogens is 3. The van der Waals surface area contributed by atoms with E-state index in [4.69, 9.17) is 0 Å². The molecule has 10 heteroatoms. The standard InChI is InChI=1S/C38H53N3O7/c1-25(2)12-10-13-26(3)20-30-21-27(4)34(41-36(47)39(35(46)40(30)41)29-14-8-7-9-15-29)33(45)22-38(24-44)32(16-11-19-42)31(28(5)23-43)17-18-37(38,6)48/h7-10,12-15,20-21,30,32-34,42-45,48H,11,16-19,22-24H2,1-6H3/b13-10+,26-20+,31-28-/t30?,32-,33+,34-,37+,38-/m1/s1. The first kappa shape index (κ1) is 37.3. The summed E-state index contributed by atoms with van der Waals surface area (Å²) >= 11 is 0. The summed E-state index contributed by atoms with van der Waals surface area (Å²) in [6.07, 6.45) is 9.83. The topological polar surface area (TPSA) is 150 Å². The minimum atomic E-state index is -1.42. The van der Waals surface area contributed by atoms with Crippen LogP contribution >= 0.6 is 0 Å². The Balaban J connectivity index is 1.91. The molecule has 0 radical (unpaired) electrons. The lowest BCUT2D eigenvalue weighted by Gasteiger charge is -2.55. The Morgan fingerprint density at radius 2 is 1.71 bits per heavy atom. The Kier molecular flexibility index (Phi) is 11.9. The van der Waals surface area contributed by atoms with Crippen LogP contribution in [-0.4, -0.2) is 71.0 Å². The maximum Gasteiger partial charge on any atom is 0.352 e. The quantitative estimate of drug-likeness (QED) is 0.168. The van der Waals surface area contributed by atoms with E-state index < -0.39 is 53.1 Å². The van der Waals surface area contributed by atoms with Crippen molar-refractivity contribution in [2.24, 2.45) is 11.3 Å². The fourth-order valence-electron chi connectivity index (χ4n) is 7.79. The molecule has 1 aliphatic carbocycles. The SMILES string of the molecule is CC(C)=C/C=C/C(C)=C/C1C=C(C)[C@H]([C@@H](O)C[C@@]2(CO)[C@H](CCCO)/C(=C(/C)CO)CC[C@]2(C)O)n2c(=O)n(-c3ccccc3)c(=O)n21. The molecular formula is C38H53N3O7. The van der Waals surface area contributed by atoms with E-state index in [1.54, 1.807) is 37.3 Å². The van der Waals surface area contributed by atoms with Gasteiger partial charge in [0.2, 0.25) is 0 Å². The Morgan fingerprint density at radius 1 is 1.04 bits per heavy atom. The number of para-hydroxylation sites is 1. The Morgan fingerprint density at radius 3 is 2.31 bits per heavy atom. The van der Waals surface area contributed by atoms with Crippen molar-refractivity contribution in [3.63, 3.8) is 0 Å². The van der Waals surface area contributed by atoms with Gasteiger partial charge in [0.05, 0.1) is 36.6 Å². The molecule has 5 N–H and O–H groups in total. The van der Waals surface area contributed by atoms with Gasteiger partial charge in [-0.2, -0.15) is 0 Å². The molecule has 0 amide bonds. The van der Waals surface area contributed by atoms with Crippen LogP contribution in [-0.2, 0) is 0 Å². The maximum atomic E-state index is 14.3. The zero-order valence-corrected chi connectivity index (χ0v) is 29.1. The summed E-state index contributed by atoms with van der Waals surface area (Å²) in [7, 11) is 0. The van der Waals surface area contributed by atoms with Crippen LogP contribution < -0.4 is 11.4 Å². The lowest BCUT2D eigenvalue weighted by atomic mass is 9.53. The molecule has 1 fully saturated rings. The van der Waals surface area contributed by atoms with E-state index in [1.165, 1.54) is 9.36 Å². The summed E-state index contributed by atoms with van der Waals surface area (Å²) < 4.78 is 3.81. The smallest absolute Gasteiger partial charge is 0.352 e. The number of benzene rings is 1. The van der Waals surface area contributed by atoms with Gasteiger partial charge in [0.25, 0.3) is 0 Å². The molecule has 2 aromatic rings. The second-order valence-electron chi connectivity index (χ2n) is 14.0. The van der Waals surface area contributed by atoms with E-state index in [-0.39, 0.29) is 19.6 Å². The second-order valence-corrected chi connectivity index (χ2v) is 14.0. The number of aliphatic hydroxyl groups is 5. The monoisotopic (exact) mass is 663 g/mol. The third-order valence-corrected chi connectivity index (χ3v) is 10.4. The molecule has 1 saturated carbocycles. The first-order valence-electron chi connectivity index (χ1n) is 16.9. The fraction of sp³-hybridized carbons (Fsp3) is 0.526. The van der Waals surface area contributed by atoms with Crippen LogP contribution in [0.2, 0.25) is 0 Å². The molecule has 10 nitrogen and oxygen atoms in total. The number of nitrogens with zero attached hydrogens (tertiary/aromatic N) is 3. The minimum Gasteiger partial charge on any atom is -0.396 e. The average Bonchev–Trinajstić information content (AvgIpc) is 3.30. The molecule has 262 valence electrons. The summed E-state index contributed by atoms with van der Waals surface area (Å²) in [4.78, 5) is 28.4. The van der Waals surface area contributed by atoms with Gasteiger partial charge in [0.15, 0.2) is 0 Å². The number of hydrogen-bond acceptors (Lipinski definition) is 7. The number of rotatable bonds is 12. The predicted molar refractivity (Wildman–Crippen MR) is 188 cm³/mol. The van der Waals surface area contributed by atoms with Crippen LogP contribution in [0.5, 0.6) is 0 Å². The van der Waals surface area contributed by atoms with Crippen LogP contribution in [0.1, 0.15) is 85.7 Å². The van der Waals surface area contributed by atoms with Gasteiger partial charge in [-0.15, -0.1) is 0 Å². The number of hydrogen-bond donors (Lipinski definition) is 5. The molecule has 1 aromatic heterocycles. The molecule has 2 heterocycles. The van der Waals surface area contributed by atoms with Crippen LogP contribution in [0, 0.1) is 11.3 Å². The highest BCUT2D eigenvalue weighted by Crippen LogP contribution is 2.56. The van der Waals surface area contributed by atoms with Gasteiger partial charge in [0.1, 0.15) is 6.04 Å². The zero-order chi connectivity index (χ0) is 35.4. The van der Waals surface area contributed by atoms with Crippen LogP contribution in [0.25, 0.3) is 5.69 Å². The van der Waals surface area contributed by atoms with E-state index in [9.17, 15) is 35.1 Å². The molecule has 2 aliphatic rings. The van der Waals surface area contributed by atoms with Gasteiger partial charge in [-0.05, 0) is 103 Å². The van der Waals surface area contributed by atoms with Crippen molar-refractivity contribution in [1.29, 1.82) is 0 Å². The van der Waals surface area contributed by atoms with E-state index in [0.717, 1.165) is 26.9 Å². The fourth-order valence-corrected chi connectivity index (χ4v) is 7.79. The van der Waals surface area contributed by atoms with Crippen molar-refractivity contribution in [3.05, 3.63) is 110 Å². The van der Waals surface area contributed by atoms with Gasteiger partial charge in [-0.25, -0.2) is 23.5 Å². The average molecular weight is 664 g/mol. The van der Waals surface area contributed by atoms with Crippen LogP contribution in [0.15, 0.2) is 98.2 Å². The van der Waals surface area contributed by atoms with Crippen molar-refractivity contribution >= 4 is 0 Å². The van der Waals surface area contributed by atoms with Crippen molar-refractivity contribution < 1.29 is 25.5 Å². The summed E-state index contributed by atoms with van der Waals surface area (Å²) in [6, 6.07) is 7.05. The molecule has 1 aliphatic heterocycles. The zero-order valence-electron chi connectivity index (χ0n) is 29.1. The van der Waals surface area contributed by atoms with Crippen molar-refractivity contribution in [2.75, 3.05) is 19.8 Å². The number of fused-ring (bicyclic) bond motifs is 1. The number of aliphatic hydroxyl groups excluding tert-OH is 4. The molecule has 0 saturated heterocycles. The first-order chi connectivity index (χ1) is 22.7. The van der Waals surface area contributed by atoms with Gasteiger partial charge in [0, 0.05) is 12.0 Å². The summed E-state index contributed by atoms with van der Waals surface area (Å²) in [5.41, 5.74) is 0.860. The Hall–Kier alpha value is -3.54. The van der Waals surface area contributed by atoms with Gasteiger partial charge in [-0.1, -0.05) is 65.3 Å². The van der Waals surface area contributed by atoms with Gasteiger partial charge < -0.3 is 25.5 Å². The van der Waals surface area contributed by atoms with E-state index in [0.29, 0.717) is 36.9 Å². The Bertz CT molecular complexity index is 1720. The highest BCUT2D eigenvalue weighted by atomic mass is 16.3. The third-order valence-electron chi connectivity index (χ3n) is 10.4.